The normalized spacial score (nSPS) is 11.5. The van der Waals surface area contributed by atoms with Crippen molar-refractivity contribution in [1.29, 1.82) is 0 Å². The summed E-state index contributed by atoms with van der Waals surface area (Å²) in [5.74, 6) is 0.643. The summed E-state index contributed by atoms with van der Waals surface area (Å²) in [6, 6.07) is 15.0. The molecule has 6 nitrogen and oxygen atoms in total. The quantitative estimate of drug-likeness (QED) is 0.459. The molecule has 2 aromatic carbocycles. The zero-order chi connectivity index (χ0) is 22.1. The minimum atomic E-state index is -0.410. The Labute approximate surface area is 183 Å². The third-order valence-electron chi connectivity index (χ3n) is 4.80. The van der Waals surface area contributed by atoms with E-state index in [2.05, 4.69) is 43.9 Å². The van der Waals surface area contributed by atoms with Crippen LogP contribution in [0.3, 0.4) is 0 Å². The van der Waals surface area contributed by atoms with Crippen LogP contribution in [-0.2, 0) is 4.79 Å². The van der Waals surface area contributed by atoms with E-state index >= 15 is 0 Å². The van der Waals surface area contributed by atoms with E-state index in [4.69, 9.17) is 17.0 Å². The van der Waals surface area contributed by atoms with Gasteiger partial charge in [-0.15, -0.1) is 0 Å². The minimum Gasteiger partial charge on any atom is -0.483 e. The third-order valence-corrected chi connectivity index (χ3v) is 5.01. The Kier molecular flexibility index (Phi) is 8.80. The summed E-state index contributed by atoms with van der Waals surface area (Å²) in [4.78, 5) is 24.3. The van der Waals surface area contributed by atoms with Gasteiger partial charge in [-0.2, -0.15) is 0 Å². The molecule has 0 aliphatic rings. The molecular weight excluding hydrogens is 398 g/mol. The topological polar surface area (TPSA) is 79.5 Å². The number of para-hydroxylation sites is 1. The highest BCUT2D eigenvalue weighted by molar-refractivity contribution is 7.80. The van der Waals surface area contributed by atoms with Crippen molar-refractivity contribution in [2.45, 2.75) is 46.0 Å². The highest BCUT2D eigenvalue weighted by Gasteiger charge is 2.12. The van der Waals surface area contributed by atoms with Crippen LogP contribution in [-0.4, -0.2) is 23.5 Å². The molecule has 1 atom stereocenters. The minimum absolute atomic E-state index is 0.00120. The van der Waals surface area contributed by atoms with Gasteiger partial charge >= 0.3 is 0 Å². The number of rotatable bonds is 7. The zero-order valence-electron chi connectivity index (χ0n) is 17.8. The van der Waals surface area contributed by atoms with Crippen molar-refractivity contribution in [3.05, 3.63) is 65.2 Å². The van der Waals surface area contributed by atoms with Gasteiger partial charge in [0.2, 0.25) is 0 Å². The number of thiocarbonyl (C=S) groups is 1. The summed E-state index contributed by atoms with van der Waals surface area (Å²) >= 11 is 5.07. The maximum Gasteiger partial charge on any atom is 0.276 e. The number of hydrazine groups is 1. The van der Waals surface area contributed by atoms with Crippen LogP contribution in [0.1, 0.15) is 67.4 Å². The maximum atomic E-state index is 12.2. The van der Waals surface area contributed by atoms with Crippen molar-refractivity contribution in [1.82, 2.24) is 16.2 Å². The predicted octanol–water partition coefficient (Wildman–Crippen LogP) is 4.04. The van der Waals surface area contributed by atoms with E-state index in [0.29, 0.717) is 23.1 Å². The van der Waals surface area contributed by atoms with Gasteiger partial charge in [0.05, 0.1) is 0 Å². The zero-order valence-corrected chi connectivity index (χ0v) is 18.6. The van der Waals surface area contributed by atoms with Crippen LogP contribution in [0.4, 0.5) is 0 Å². The van der Waals surface area contributed by atoms with E-state index in [0.717, 1.165) is 17.5 Å². The van der Waals surface area contributed by atoms with E-state index in [1.807, 2.05) is 36.4 Å². The van der Waals surface area contributed by atoms with Gasteiger partial charge in [0.15, 0.2) is 11.7 Å². The molecule has 0 radical (unpaired) electrons. The van der Waals surface area contributed by atoms with E-state index in [-0.39, 0.29) is 17.6 Å². The number of carbonyl (C=O) groups excluding carboxylic acids is 2. The van der Waals surface area contributed by atoms with Crippen LogP contribution in [0.15, 0.2) is 48.5 Å². The number of hydrogen-bond acceptors (Lipinski definition) is 4. The predicted molar refractivity (Wildman–Crippen MR) is 123 cm³/mol. The molecule has 0 heterocycles. The van der Waals surface area contributed by atoms with Crippen molar-refractivity contribution >= 4 is 29.1 Å². The molecule has 0 aliphatic heterocycles. The first-order valence-corrected chi connectivity index (χ1v) is 10.4. The van der Waals surface area contributed by atoms with Crippen LogP contribution < -0.4 is 20.9 Å². The van der Waals surface area contributed by atoms with Crippen LogP contribution in [0.25, 0.3) is 0 Å². The van der Waals surface area contributed by atoms with E-state index in [1.165, 1.54) is 0 Å². The van der Waals surface area contributed by atoms with Gasteiger partial charge in [-0.25, -0.2) is 0 Å². The van der Waals surface area contributed by atoms with Gasteiger partial charge in [-0.3, -0.25) is 25.8 Å². The summed E-state index contributed by atoms with van der Waals surface area (Å²) in [7, 11) is 0. The first kappa shape index (κ1) is 23.3. The Hall–Kier alpha value is -2.93. The first-order chi connectivity index (χ1) is 14.3. The second kappa shape index (κ2) is 11.3. The Bertz CT molecular complexity index is 882. The monoisotopic (exact) mass is 427 g/mol. The van der Waals surface area contributed by atoms with Crippen molar-refractivity contribution < 1.29 is 14.3 Å². The molecule has 0 bridgehead atoms. The maximum absolute atomic E-state index is 12.2. The molecule has 0 aromatic heterocycles. The molecule has 30 heavy (non-hydrogen) atoms. The number of nitrogens with one attached hydrogen (secondary N) is 3. The van der Waals surface area contributed by atoms with Gasteiger partial charge in [0.25, 0.3) is 11.8 Å². The van der Waals surface area contributed by atoms with Crippen LogP contribution in [0, 0.1) is 0 Å². The number of hydrogen-bond donors (Lipinski definition) is 3. The van der Waals surface area contributed by atoms with Crippen LogP contribution in [0.2, 0.25) is 0 Å². The third kappa shape index (κ3) is 6.84. The van der Waals surface area contributed by atoms with Gasteiger partial charge in [-0.1, -0.05) is 58.0 Å². The Morgan fingerprint density at radius 3 is 2.30 bits per heavy atom. The van der Waals surface area contributed by atoms with E-state index in [1.54, 1.807) is 12.1 Å². The average Bonchev–Trinajstić information content (AvgIpc) is 2.75. The Morgan fingerprint density at radius 2 is 1.67 bits per heavy atom. The van der Waals surface area contributed by atoms with Gasteiger partial charge in [0.1, 0.15) is 5.75 Å². The lowest BCUT2D eigenvalue weighted by Gasteiger charge is -2.16. The molecular formula is C23H29N3O3S. The molecule has 3 N–H and O–H groups in total. The standard InChI is InChI=1S/C23H29N3O3S/c1-5-16(4)19-8-6-7-9-20(19)29-14-21(27)25-26-23(30)24-22(28)18-12-10-17(11-13-18)15(2)3/h6-13,15-16H,5,14H2,1-4H3,(H,25,27)(H2,24,26,28,30). The molecule has 2 aromatic rings. The smallest absolute Gasteiger partial charge is 0.276 e. The van der Waals surface area contributed by atoms with Crippen molar-refractivity contribution in [3.63, 3.8) is 0 Å². The summed E-state index contributed by atoms with van der Waals surface area (Å²) in [5.41, 5.74) is 7.64. The molecule has 7 heteroatoms. The highest BCUT2D eigenvalue weighted by Crippen LogP contribution is 2.28. The molecule has 160 valence electrons. The van der Waals surface area contributed by atoms with Crippen molar-refractivity contribution in [3.8, 4) is 5.75 Å². The molecule has 0 fully saturated rings. The number of amides is 2. The van der Waals surface area contributed by atoms with Gasteiger partial charge in [0, 0.05) is 5.56 Å². The Balaban J connectivity index is 1.79. The lowest BCUT2D eigenvalue weighted by Crippen LogP contribution is -2.49. The number of carbonyl (C=O) groups is 2. The van der Waals surface area contributed by atoms with Crippen LogP contribution in [0.5, 0.6) is 5.75 Å². The molecule has 0 spiro atoms. The second-order valence-corrected chi connectivity index (χ2v) is 7.78. The van der Waals surface area contributed by atoms with Crippen molar-refractivity contribution in [2.24, 2.45) is 0 Å². The van der Waals surface area contributed by atoms with Gasteiger partial charge in [-0.05, 0) is 59.8 Å². The lowest BCUT2D eigenvalue weighted by molar-refractivity contribution is -0.123. The fourth-order valence-electron chi connectivity index (χ4n) is 2.77. The summed E-state index contributed by atoms with van der Waals surface area (Å²) in [6.45, 7) is 8.22. The molecule has 2 amide bonds. The lowest BCUT2D eigenvalue weighted by atomic mass is 9.98. The fourth-order valence-corrected chi connectivity index (χ4v) is 2.91. The van der Waals surface area contributed by atoms with E-state index in [9.17, 15) is 9.59 Å². The SMILES string of the molecule is CCC(C)c1ccccc1OCC(=O)NNC(=S)NC(=O)c1ccc(C(C)C)cc1. The summed E-state index contributed by atoms with van der Waals surface area (Å²) in [5, 5.41) is 2.53. The largest absolute Gasteiger partial charge is 0.483 e. The summed E-state index contributed by atoms with van der Waals surface area (Å²) < 4.78 is 5.65. The number of benzene rings is 2. The summed E-state index contributed by atoms with van der Waals surface area (Å²) in [6.07, 6.45) is 0.974. The highest BCUT2D eigenvalue weighted by atomic mass is 32.1. The van der Waals surface area contributed by atoms with E-state index < -0.39 is 5.91 Å². The second-order valence-electron chi connectivity index (χ2n) is 7.37. The number of ether oxygens (including phenoxy) is 1. The van der Waals surface area contributed by atoms with Crippen molar-refractivity contribution in [2.75, 3.05) is 6.61 Å². The Morgan fingerprint density at radius 1 is 1.00 bits per heavy atom. The van der Waals surface area contributed by atoms with Gasteiger partial charge < -0.3 is 4.74 Å². The first-order valence-electron chi connectivity index (χ1n) is 10.0. The average molecular weight is 428 g/mol. The molecule has 0 saturated heterocycles. The molecule has 2 rings (SSSR count). The molecule has 0 saturated carbocycles. The van der Waals surface area contributed by atoms with Crippen LogP contribution >= 0.6 is 12.2 Å². The molecule has 0 aliphatic carbocycles. The fraction of sp³-hybridized carbons (Fsp3) is 0.348. The molecule has 1 unspecified atom stereocenters.